The summed E-state index contributed by atoms with van der Waals surface area (Å²) in [5, 5.41) is 0. The lowest BCUT2D eigenvalue weighted by Gasteiger charge is -2.13. The van der Waals surface area contributed by atoms with Crippen molar-refractivity contribution < 1.29 is 13.5 Å². The predicted molar refractivity (Wildman–Crippen MR) is 132 cm³/mol. The lowest BCUT2D eigenvalue weighted by atomic mass is 10.0. The Morgan fingerprint density at radius 3 is 2.29 bits per heavy atom. The van der Waals surface area contributed by atoms with Crippen LogP contribution >= 0.6 is 0 Å². The zero-order valence-electron chi connectivity index (χ0n) is 19.9. The normalized spacial score (nSPS) is 11.5. The topological polar surface area (TPSA) is 53.1 Å². The Kier molecular flexibility index (Phi) is 5.44. The smallest absolute Gasteiger partial charge is 0.192 e. The lowest BCUT2D eigenvalue weighted by Crippen LogP contribution is -2.03. The van der Waals surface area contributed by atoms with Gasteiger partial charge in [0.1, 0.15) is 17.4 Å². The fourth-order valence-electron chi connectivity index (χ4n) is 4.50. The number of rotatable bonds is 5. The van der Waals surface area contributed by atoms with Crippen molar-refractivity contribution in [2.75, 3.05) is 7.11 Å². The third kappa shape index (κ3) is 3.65. The van der Waals surface area contributed by atoms with Gasteiger partial charge in [-0.05, 0) is 68.8 Å². The summed E-state index contributed by atoms with van der Waals surface area (Å²) in [5.74, 6) is 2.59. The van der Waals surface area contributed by atoms with Gasteiger partial charge in [0.2, 0.25) is 0 Å². The van der Waals surface area contributed by atoms with Gasteiger partial charge < -0.3 is 13.7 Å². The number of methoxy groups -OCH3 is 1. The number of aromatic nitrogens is 3. The molecule has 0 aliphatic heterocycles. The second kappa shape index (κ2) is 8.45. The third-order valence-electron chi connectivity index (χ3n) is 6.00. The van der Waals surface area contributed by atoms with E-state index in [1.54, 1.807) is 19.2 Å². The van der Waals surface area contributed by atoms with E-state index in [1.807, 2.05) is 32.0 Å². The van der Waals surface area contributed by atoms with Crippen molar-refractivity contribution in [3.63, 3.8) is 0 Å². The molecule has 0 spiro atoms. The minimum absolute atomic E-state index is 0.176. The molecule has 0 atom stereocenters. The summed E-state index contributed by atoms with van der Waals surface area (Å²) in [7, 11) is 1.65. The Morgan fingerprint density at radius 1 is 0.912 bits per heavy atom. The maximum atomic E-state index is 13.6. The van der Waals surface area contributed by atoms with Crippen molar-refractivity contribution in [2.45, 2.75) is 33.7 Å². The number of benzene rings is 3. The second-order valence-electron chi connectivity index (χ2n) is 8.64. The molecule has 0 aliphatic carbocycles. The standard InChI is InChI=1S/C28H26FN3O2/c1-16(2)32-24-8-6-7-22(26(24)31-28(32)19-9-12-21(29)13-10-19)20-11-14-23(25(15-20)33-5)27-17(3)30-18(4)34-27/h6-16H,1-5H3. The first-order valence-electron chi connectivity index (χ1n) is 11.3. The molecule has 34 heavy (non-hydrogen) atoms. The number of nitrogens with zero attached hydrogens (tertiary/aromatic N) is 3. The molecule has 5 nitrogen and oxygen atoms in total. The molecule has 2 aromatic heterocycles. The number of halogens is 1. The summed E-state index contributed by atoms with van der Waals surface area (Å²) in [6.45, 7) is 8.01. The zero-order valence-corrected chi connectivity index (χ0v) is 19.9. The number of oxazole rings is 1. The largest absolute Gasteiger partial charge is 0.496 e. The Balaban J connectivity index is 1.69. The third-order valence-corrected chi connectivity index (χ3v) is 6.00. The lowest BCUT2D eigenvalue weighted by molar-refractivity contribution is 0.414. The van der Waals surface area contributed by atoms with Crippen LogP contribution in [0.1, 0.15) is 31.5 Å². The van der Waals surface area contributed by atoms with Crippen molar-refractivity contribution in [1.29, 1.82) is 0 Å². The molecule has 5 aromatic rings. The predicted octanol–water partition coefficient (Wildman–Crippen LogP) is 7.37. The molecule has 0 unspecified atom stereocenters. The van der Waals surface area contributed by atoms with E-state index >= 15 is 0 Å². The van der Waals surface area contributed by atoms with Crippen molar-refractivity contribution in [1.82, 2.24) is 14.5 Å². The molecule has 172 valence electrons. The summed E-state index contributed by atoms with van der Waals surface area (Å²) in [5.41, 5.74) is 6.45. The average molecular weight is 456 g/mol. The van der Waals surface area contributed by atoms with E-state index < -0.39 is 0 Å². The van der Waals surface area contributed by atoms with Gasteiger partial charge in [-0.2, -0.15) is 0 Å². The van der Waals surface area contributed by atoms with Crippen LogP contribution in [0.5, 0.6) is 5.75 Å². The highest BCUT2D eigenvalue weighted by molar-refractivity contribution is 5.95. The first kappa shape index (κ1) is 21.9. The molecule has 0 fully saturated rings. The highest BCUT2D eigenvalue weighted by Gasteiger charge is 2.20. The van der Waals surface area contributed by atoms with Gasteiger partial charge in [-0.1, -0.05) is 18.2 Å². The maximum Gasteiger partial charge on any atom is 0.192 e. The Labute approximate surface area is 197 Å². The summed E-state index contributed by atoms with van der Waals surface area (Å²) in [4.78, 5) is 9.42. The van der Waals surface area contributed by atoms with Crippen LogP contribution in [0.25, 0.3) is 44.9 Å². The molecule has 2 heterocycles. The fraction of sp³-hybridized carbons (Fsp3) is 0.214. The van der Waals surface area contributed by atoms with Gasteiger partial charge in [0, 0.05) is 24.1 Å². The number of hydrogen-bond acceptors (Lipinski definition) is 4. The van der Waals surface area contributed by atoms with Crippen LogP contribution in [0.15, 0.2) is 65.1 Å². The summed E-state index contributed by atoms with van der Waals surface area (Å²) >= 11 is 0. The Morgan fingerprint density at radius 2 is 1.65 bits per heavy atom. The van der Waals surface area contributed by atoms with Gasteiger partial charge in [0.05, 0.1) is 29.4 Å². The van der Waals surface area contributed by atoms with Crippen LogP contribution in [0, 0.1) is 19.7 Å². The Bertz CT molecular complexity index is 1500. The monoisotopic (exact) mass is 455 g/mol. The molecule has 6 heteroatoms. The molecule has 0 aliphatic rings. The van der Waals surface area contributed by atoms with Gasteiger partial charge in [-0.15, -0.1) is 0 Å². The first-order valence-corrected chi connectivity index (χ1v) is 11.3. The van der Waals surface area contributed by atoms with Crippen LogP contribution in [0.4, 0.5) is 4.39 Å². The van der Waals surface area contributed by atoms with Gasteiger partial charge in [0.15, 0.2) is 11.7 Å². The van der Waals surface area contributed by atoms with Crippen LogP contribution in [0.3, 0.4) is 0 Å². The highest BCUT2D eigenvalue weighted by atomic mass is 19.1. The molecule has 0 saturated heterocycles. The zero-order chi connectivity index (χ0) is 24.0. The SMILES string of the molecule is COc1cc(-c2cccc3c2nc(-c2ccc(F)cc2)n3C(C)C)ccc1-c1oc(C)nc1C. The minimum atomic E-state index is -0.263. The molecular weight excluding hydrogens is 429 g/mol. The molecule has 3 aromatic carbocycles. The molecule has 0 amide bonds. The van der Waals surface area contributed by atoms with E-state index in [-0.39, 0.29) is 11.9 Å². The summed E-state index contributed by atoms with van der Waals surface area (Å²) in [6, 6.07) is 18.9. The van der Waals surface area contributed by atoms with Crippen LogP contribution in [-0.4, -0.2) is 21.6 Å². The van der Waals surface area contributed by atoms with Crippen LogP contribution in [-0.2, 0) is 0 Å². The molecule has 0 saturated carbocycles. The van der Waals surface area contributed by atoms with E-state index in [9.17, 15) is 4.39 Å². The van der Waals surface area contributed by atoms with Gasteiger partial charge in [-0.3, -0.25) is 0 Å². The number of hydrogen-bond donors (Lipinski definition) is 0. The van der Waals surface area contributed by atoms with Crippen molar-refractivity contribution in [3.8, 4) is 39.6 Å². The van der Waals surface area contributed by atoms with E-state index in [1.165, 1.54) is 12.1 Å². The maximum absolute atomic E-state index is 13.6. The van der Waals surface area contributed by atoms with Crippen molar-refractivity contribution in [2.24, 2.45) is 0 Å². The summed E-state index contributed by atoms with van der Waals surface area (Å²) < 4.78 is 27.3. The summed E-state index contributed by atoms with van der Waals surface area (Å²) in [6.07, 6.45) is 0. The molecule has 0 N–H and O–H groups in total. The Hall–Kier alpha value is -3.93. The van der Waals surface area contributed by atoms with Crippen LogP contribution < -0.4 is 4.74 Å². The molecule has 0 radical (unpaired) electrons. The first-order chi connectivity index (χ1) is 16.4. The van der Waals surface area contributed by atoms with Crippen LogP contribution in [0.2, 0.25) is 0 Å². The van der Waals surface area contributed by atoms with E-state index in [2.05, 4.69) is 41.6 Å². The molecular formula is C28H26FN3O2. The van der Waals surface area contributed by atoms with Crippen molar-refractivity contribution >= 4 is 11.0 Å². The van der Waals surface area contributed by atoms with Gasteiger partial charge in [-0.25, -0.2) is 14.4 Å². The van der Waals surface area contributed by atoms with Gasteiger partial charge >= 0.3 is 0 Å². The van der Waals surface area contributed by atoms with Crippen molar-refractivity contribution in [3.05, 3.63) is 78.1 Å². The number of para-hydroxylation sites is 1. The van der Waals surface area contributed by atoms with E-state index in [0.717, 1.165) is 44.8 Å². The average Bonchev–Trinajstić information content (AvgIpc) is 3.38. The number of imidazole rings is 1. The fourth-order valence-corrected chi connectivity index (χ4v) is 4.50. The number of fused-ring (bicyclic) bond motifs is 1. The number of ether oxygens (including phenoxy) is 1. The van der Waals surface area contributed by atoms with E-state index in [0.29, 0.717) is 17.4 Å². The highest BCUT2D eigenvalue weighted by Crippen LogP contribution is 2.39. The molecule has 0 bridgehead atoms. The van der Waals surface area contributed by atoms with Gasteiger partial charge in [0.25, 0.3) is 0 Å². The quantitative estimate of drug-likeness (QED) is 0.278. The van der Waals surface area contributed by atoms with E-state index in [4.69, 9.17) is 14.1 Å². The minimum Gasteiger partial charge on any atom is -0.496 e. The second-order valence-corrected chi connectivity index (χ2v) is 8.64. The number of aryl methyl sites for hydroxylation is 2. The molecule has 5 rings (SSSR count).